The molecule has 1 aromatic heterocycles. The van der Waals surface area contributed by atoms with Gasteiger partial charge in [0.15, 0.2) is 0 Å². The monoisotopic (exact) mass is 233 g/mol. The summed E-state index contributed by atoms with van der Waals surface area (Å²) in [5, 5.41) is 17.3. The first-order chi connectivity index (χ1) is 8.19. The molecule has 90 valence electrons. The standard InChI is InChI=1S/C12H15N3O2/c1-9(16)7-10-8-15(14-13-10)11-3-5-12(17-2)6-4-11/h3-6,8-9,16H,7H2,1-2H3. The van der Waals surface area contributed by atoms with Crippen LogP contribution in [0.15, 0.2) is 30.5 Å². The van der Waals surface area contributed by atoms with Crippen molar-refractivity contribution in [3.63, 3.8) is 0 Å². The van der Waals surface area contributed by atoms with Crippen LogP contribution in [0.1, 0.15) is 12.6 Å². The topological polar surface area (TPSA) is 60.2 Å². The molecule has 2 aromatic rings. The Kier molecular flexibility index (Phi) is 3.39. The highest BCUT2D eigenvalue weighted by atomic mass is 16.5. The van der Waals surface area contributed by atoms with E-state index in [0.29, 0.717) is 6.42 Å². The van der Waals surface area contributed by atoms with Crippen molar-refractivity contribution in [1.82, 2.24) is 15.0 Å². The second kappa shape index (κ2) is 4.97. The number of aromatic nitrogens is 3. The fraction of sp³-hybridized carbons (Fsp3) is 0.333. The number of aliphatic hydroxyl groups excluding tert-OH is 1. The SMILES string of the molecule is COc1ccc(-n2cc(CC(C)O)nn2)cc1. The summed E-state index contributed by atoms with van der Waals surface area (Å²) < 4.78 is 6.76. The third-order valence-electron chi connectivity index (χ3n) is 2.38. The van der Waals surface area contributed by atoms with Gasteiger partial charge in [0.1, 0.15) is 5.75 Å². The predicted octanol–water partition coefficient (Wildman–Crippen LogP) is 1.20. The first kappa shape index (κ1) is 11.6. The van der Waals surface area contributed by atoms with Crippen molar-refractivity contribution in [1.29, 1.82) is 0 Å². The molecular formula is C12H15N3O2. The summed E-state index contributed by atoms with van der Waals surface area (Å²) in [4.78, 5) is 0. The van der Waals surface area contributed by atoms with Gasteiger partial charge in [-0.05, 0) is 31.2 Å². The molecule has 1 aromatic carbocycles. The van der Waals surface area contributed by atoms with Gasteiger partial charge < -0.3 is 9.84 Å². The molecule has 0 amide bonds. The van der Waals surface area contributed by atoms with Gasteiger partial charge in [0, 0.05) is 6.42 Å². The maximum Gasteiger partial charge on any atom is 0.119 e. The molecule has 1 heterocycles. The van der Waals surface area contributed by atoms with Crippen molar-refractivity contribution in [3.05, 3.63) is 36.2 Å². The molecule has 0 aliphatic heterocycles. The Morgan fingerprint density at radius 2 is 2.06 bits per heavy atom. The number of benzene rings is 1. The Morgan fingerprint density at radius 1 is 1.35 bits per heavy atom. The number of hydrogen-bond acceptors (Lipinski definition) is 4. The van der Waals surface area contributed by atoms with Gasteiger partial charge in [-0.2, -0.15) is 0 Å². The van der Waals surface area contributed by atoms with Gasteiger partial charge in [0.25, 0.3) is 0 Å². The molecule has 2 rings (SSSR count). The van der Waals surface area contributed by atoms with Crippen LogP contribution in [0.3, 0.4) is 0 Å². The highest BCUT2D eigenvalue weighted by molar-refractivity contribution is 5.36. The van der Waals surface area contributed by atoms with Crippen molar-refractivity contribution < 1.29 is 9.84 Å². The summed E-state index contributed by atoms with van der Waals surface area (Å²) in [7, 11) is 1.63. The molecule has 0 radical (unpaired) electrons. The van der Waals surface area contributed by atoms with Crippen molar-refractivity contribution in [3.8, 4) is 11.4 Å². The molecule has 1 unspecified atom stereocenters. The lowest BCUT2D eigenvalue weighted by atomic mass is 10.2. The van der Waals surface area contributed by atoms with E-state index in [1.165, 1.54) is 0 Å². The Morgan fingerprint density at radius 3 is 2.65 bits per heavy atom. The molecule has 0 aliphatic carbocycles. The Labute approximate surface area is 99.7 Å². The molecule has 0 fully saturated rings. The molecule has 0 spiro atoms. The van der Waals surface area contributed by atoms with Crippen molar-refractivity contribution in [2.75, 3.05) is 7.11 Å². The Bertz CT molecular complexity index is 477. The van der Waals surface area contributed by atoms with Crippen molar-refractivity contribution in [2.24, 2.45) is 0 Å². The van der Waals surface area contributed by atoms with Crippen LogP contribution in [0.2, 0.25) is 0 Å². The van der Waals surface area contributed by atoms with Crippen LogP contribution in [0.5, 0.6) is 5.75 Å². The number of aliphatic hydroxyl groups is 1. The summed E-state index contributed by atoms with van der Waals surface area (Å²) in [6.07, 6.45) is 1.92. The van der Waals surface area contributed by atoms with E-state index >= 15 is 0 Å². The Hall–Kier alpha value is -1.88. The zero-order valence-electron chi connectivity index (χ0n) is 9.87. The fourth-order valence-corrected chi connectivity index (χ4v) is 1.56. The van der Waals surface area contributed by atoms with E-state index in [9.17, 15) is 5.11 Å². The van der Waals surface area contributed by atoms with Crippen LogP contribution in [0, 0.1) is 0 Å². The average molecular weight is 233 g/mol. The lowest BCUT2D eigenvalue weighted by molar-refractivity contribution is 0.194. The van der Waals surface area contributed by atoms with Gasteiger partial charge in [0.05, 0.1) is 30.8 Å². The van der Waals surface area contributed by atoms with E-state index in [4.69, 9.17) is 4.74 Å². The molecule has 0 bridgehead atoms. The summed E-state index contributed by atoms with van der Waals surface area (Å²) >= 11 is 0. The number of rotatable bonds is 4. The predicted molar refractivity (Wildman–Crippen MR) is 63.3 cm³/mol. The summed E-state index contributed by atoms with van der Waals surface area (Å²) in [6, 6.07) is 7.54. The van der Waals surface area contributed by atoms with Crippen LogP contribution in [0.25, 0.3) is 5.69 Å². The Balaban J connectivity index is 2.18. The normalized spacial score (nSPS) is 12.4. The van der Waals surface area contributed by atoms with Crippen LogP contribution in [-0.2, 0) is 6.42 Å². The summed E-state index contributed by atoms with van der Waals surface area (Å²) in [6.45, 7) is 1.73. The quantitative estimate of drug-likeness (QED) is 0.862. The molecule has 5 nitrogen and oxygen atoms in total. The maximum atomic E-state index is 9.26. The molecule has 5 heteroatoms. The van der Waals surface area contributed by atoms with Gasteiger partial charge in [-0.25, -0.2) is 4.68 Å². The smallest absolute Gasteiger partial charge is 0.119 e. The van der Waals surface area contributed by atoms with E-state index in [-0.39, 0.29) is 0 Å². The highest BCUT2D eigenvalue weighted by Crippen LogP contribution is 2.14. The molecule has 0 saturated carbocycles. The van der Waals surface area contributed by atoms with Gasteiger partial charge in [-0.15, -0.1) is 5.10 Å². The fourth-order valence-electron chi connectivity index (χ4n) is 1.56. The zero-order chi connectivity index (χ0) is 12.3. The van der Waals surface area contributed by atoms with E-state index in [2.05, 4.69) is 10.3 Å². The third kappa shape index (κ3) is 2.82. The van der Waals surface area contributed by atoms with Gasteiger partial charge >= 0.3 is 0 Å². The first-order valence-electron chi connectivity index (χ1n) is 5.43. The number of ether oxygens (including phenoxy) is 1. The lowest BCUT2D eigenvalue weighted by Crippen LogP contribution is -2.04. The number of methoxy groups -OCH3 is 1. The third-order valence-corrected chi connectivity index (χ3v) is 2.38. The molecule has 1 N–H and O–H groups in total. The van der Waals surface area contributed by atoms with E-state index in [1.807, 2.05) is 30.5 Å². The number of nitrogens with zero attached hydrogens (tertiary/aromatic N) is 3. The highest BCUT2D eigenvalue weighted by Gasteiger charge is 2.05. The van der Waals surface area contributed by atoms with Gasteiger partial charge in [-0.3, -0.25) is 0 Å². The van der Waals surface area contributed by atoms with Crippen molar-refractivity contribution in [2.45, 2.75) is 19.4 Å². The van der Waals surface area contributed by atoms with Gasteiger partial charge in [-0.1, -0.05) is 5.21 Å². The zero-order valence-corrected chi connectivity index (χ0v) is 9.87. The van der Waals surface area contributed by atoms with Crippen LogP contribution in [-0.4, -0.2) is 33.3 Å². The summed E-state index contributed by atoms with van der Waals surface area (Å²) in [5.74, 6) is 0.804. The minimum atomic E-state index is -0.406. The maximum absolute atomic E-state index is 9.26. The molecule has 0 saturated heterocycles. The van der Waals surface area contributed by atoms with E-state index in [1.54, 1.807) is 18.7 Å². The second-order valence-electron chi connectivity index (χ2n) is 3.91. The van der Waals surface area contributed by atoms with Gasteiger partial charge in [0.2, 0.25) is 0 Å². The molecular weight excluding hydrogens is 218 g/mol. The average Bonchev–Trinajstić information content (AvgIpc) is 2.77. The van der Waals surface area contributed by atoms with E-state index < -0.39 is 6.10 Å². The molecule has 0 aliphatic rings. The van der Waals surface area contributed by atoms with Crippen LogP contribution >= 0.6 is 0 Å². The minimum Gasteiger partial charge on any atom is -0.497 e. The molecule has 17 heavy (non-hydrogen) atoms. The second-order valence-corrected chi connectivity index (χ2v) is 3.91. The minimum absolute atomic E-state index is 0.406. The molecule has 1 atom stereocenters. The first-order valence-corrected chi connectivity index (χ1v) is 5.43. The van der Waals surface area contributed by atoms with Crippen LogP contribution in [0.4, 0.5) is 0 Å². The largest absolute Gasteiger partial charge is 0.497 e. The number of hydrogen-bond donors (Lipinski definition) is 1. The van der Waals surface area contributed by atoms with Crippen LogP contribution < -0.4 is 4.74 Å². The van der Waals surface area contributed by atoms with Crippen molar-refractivity contribution >= 4 is 0 Å². The van der Waals surface area contributed by atoms with E-state index in [0.717, 1.165) is 17.1 Å². The lowest BCUT2D eigenvalue weighted by Gasteiger charge is -2.02. The summed E-state index contributed by atoms with van der Waals surface area (Å²) in [5.41, 5.74) is 1.69.